The van der Waals surface area contributed by atoms with Crippen LogP contribution in [0.5, 0.6) is 5.75 Å². The van der Waals surface area contributed by atoms with Crippen molar-refractivity contribution in [3.63, 3.8) is 0 Å². The van der Waals surface area contributed by atoms with E-state index in [1.165, 1.54) is 19.3 Å². The van der Waals surface area contributed by atoms with E-state index in [4.69, 9.17) is 0 Å². The van der Waals surface area contributed by atoms with Crippen molar-refractivity contribution in [1.29, 1.82) is 0 Å². The first-order valence-electron chi connectivity index (χ1n) is 10.4. The van der Waals surface area contributed by atoms with Gasteiger partial charge in [-0.15, -0.1) is 11.3 Å². The van der Waals surface area contributed by atoms with E-state index in [9.17, 15) is 9.90 Å². The van der Waals surface area contributed by atoms with E-state index in [2.05, 4.69) is 20.8 Å². The molecule has 150 valence electrons. The third kappa shape index (κ3) is 2.87. The number of imidazole rings is 1. The number of H-pyrrole nitrogens is 1. The maximum atomic E-state index is 13.1. The molecule has 4 fully saturated rings. The molecule has 7 rings (SSSR count). The Morgan fingerprint density at radius 3 is 2.52 bits per heavy atom. The number of amides is 1. The molecule has 0 saturated heterocycles. The monoisotopic (exact) mass is 408 g/mol. The molecule has 4 saturated carbocycles. The van der Waals surface area contributed by atoms with E-state index in [1.807, 2.05) is 17.5 Å². The normalized spacial score (nSPS) is 30.1. The van der Waals surface area contributed by atoms with Crippen molar-refractivity contribution in [3.8, 4) is 16.5 Å². The number of benzene rings is 1. The number of carbonyl (C=O) groups is 1. The molecular formula is C22H24N4O2S. The highest BCUT2D eigenvalue weighted by Crippen LogP contribution is 2.55. The molecule has 4 aliphatic rings. The number of aromatic hydroxyl groups is 1. The Kier molecular flexibility index (Phi) is 3.80. The number of phenols is 1. The SMILES string of the molecule is O=C(NNC12CC3CC(CC(C3)C1)C2)c1ccc(O)c2[nH]c(-c3cccs3)nc12. The van der Waals surface area contributed by atoms with Crippen LogP contribution >= 0.6 is 11.3 Å². The van der Waals surface area contributed by atoms with Crippen LogP contribution in [0.25, 0.3) is 21.7 Å². The summed E-state index contributed by atoms with van der Waals surface area (Å²) >= 11 is 1.57. The molecule has 2 heterocycles. The lowest BCUT2D eigenvalue weighted by Crippen LogP contribution is -2.62. The van der Waals surface area contributed by atoms with Gasteiger partial charge >= 0.3 is 0 Å². The number of rotatable bonds is 4. The largest absolute Gasteiger partial charge is 0.506 e. The van der Waals surface area contributed by atoms with Gasteiger partial charge in [-0.2, -0.15) is 0 Å². The van der Waals surface area contributed by atoms with Crippen molar-refractivity contribution in [2.24, 2.45) is 17.8 Å². The van der Waals surface area contributed by atoms with Crippen LogP contribution in [-0.2, 0) is 0 Å². The zero-order valence-electron chi connectivity index (χ0n) is 16.1. The zero-order valence-corrected chi connectivity index (χ0v) is 16.9. The zero-order chi connectivity index (χ0) is 19.6. The standard InChI is InChI=1S/C22H24N4O2S/c27-16-4-3-15(18-19(16)24-20(23-18)17-2-1-5-29-17)21(28)25-26-22-9-12-6-13(10-22)8-14(7-12)11-22/h1-5,12-14,26-27H,6-11H2,(H,23,24)(H,25,28). The molecule has 4 N–H and O–H groups in total. The molecule has 0 spiro atoms. The number of aromatic amines is 1. The Labute approximate surface area is 172 Å². The molecule has 6 nitrogen and oxygen atoms in total. The number of fused-ring (bicyclic) bond motifs is 1. The van der Waals surface area contributed by atoms with E-state index >= 15 is 0 Å². The lowest BCUT2D eigenvalue weighted by molar-refractivity contribution is -0.0257. The van der Waals surface area contributed by atoms with Crippen LogP contribution < -0.4 is 10.9 Å². The second-order valence-corrected chi connectivity index (χ2v) is 10.1. The highest BCUT2D eigenvalue weighted by atomic mass is 32.1. The fraction of sp³-hybridized carbons (Fsp3) is 0.455. The first-order valence-corrected chi connectivity index (χ1v) is 11.3. The summed E-state index contributed by atoms with van der Waals surface area (Å²) in [6, 6.07) is 7.12. The lowest BCUT2D eigenvalue weighted by Gasteiger charge is -2.56. The second-order valence-electron chi connectivity index (χ2n) is 9.20. The summed E-state index contributed by atoms with van der Waals surface area (Å²) in [6.07, 6.45) is 7.59. The maximum absolute atomic E-state index is 13.1. The Hall–Kier alpha value is -2.38. The number of aromatic nitrogens is 2. The van der Waals surface area contributed by atoms with Crippen LogP contribution in [0.2, 0.25) is 0 Å². The smallest absolute Gasteiger partial charge is 0.267 e. The number of hydrogen-bond acceptors (Lipinski definition) is 5. The Balaban J connectivity index is 1.27. The molecular weight excluding hydrogens is 384 g/mol. The summed E-state index contributed by atoms with van der Waals surface area (Å²) in [4.78, 5) is 21.8. The van der Waals surface area contributed by atoms with Gasteiger partial charge in [0.2, 0.25) is 0 Å². The van der Waals surface area contributed by atoms with Gasteiger partial charge in [0.25, 0.3) is 5.91 Å². The molecule has 1 amide bonds. The first kappa shape index (κ1) is 17.5. The molecule has 0 radical (unpaired) electrons. The van der Waals surface area contributed by atoms with Gasteiger partial charge in [0.05, 0.1) is 10.4 Å². The molecule has 7 heteroatoms. The van der Waals surface area contributed by atoms with Gasteiger partial charge in [0.1, 0.15) is 22.6 Å². The van der Waals surface area contributed by atoms with Crippen molar-refractivity contribution in [2.45, 2.75) is 44.1 Å². The van der Waals surface area contributed by atoms with Gasteiger partial charge < -0.3 is 10.1 Å². The van der Waals surface area contributed by atoms with Gasteiger partial charge in [-0.3, -0.25) is 10.2 Å². The molecule has 0 unspecified atom stereocenters. The number of thiophene rings is 1. The quantitative estimate of drug-likeness (QED) is 0.487. The molecule has 4 bridgehead atoms. The van der Waals surface area contributed by atoms with Crippen LogP contribution in [0.1, 0.15) is 48.9 Å². The van der Waals surface area contributed by atoms with Crippen molar-refractivity contribution < 1.29 is 9.90 Å². The topological polar surface area (TPSA) is 90.0 Å². The molecule has 1 aromatic carbocycles. The number of hydrazine groups is 1. The van der Waals surface area contributed by atoms with Crippen LogP contribution in [0.3, 0.4) is 0 Å². The highest BCUT2D eigenvalue weighted by Gasteiger charge is 2.51. The molecule has 3 aromatic rings. The summed E-state index contributed by atoms with van der Waals surface area (Å²) in [5.41, 5.74) is 7.94. The van der Waals surface area contributed by atoms with Gasteiger partial charge in [0.15, 0.2) is 0 Å². The Bertz CT molecular complexity index is 1050. The van der Waals surface area contributed by atoms with E-state index < -0.39 is 0 Å². The summed E-state index contributed by atoms with van der Waals surface area (Å²) in [6.45, 7) is 0. The predicted molar refractivity (Wildman–Crippen MR) is 113 cm³/mol. The minimum Gasteiger partial charge on any atom is -0.506 e. The average Bonchev–Trinajstić information content (AvgIpc) is 3.35. The van der Waals surface area contributed by atoms with Crippen LogP contribution in [0.4, 0.5) is 0 Å². The van der Waals surface area contributed by atoms with E-state index in [0.717, 1.165) is 41.9 Å². The minimum atomic E-state index is -0.199. The lowest BCUT2D eigenvalue weighted by atomic mass is 9.53. The third-order valence-corrected chi connectivity index (χ3v) is 7.98. The van der Waals surface area contributed by atoms with Crippen molar-refractivity contribution in [3.05, 3.63) is 35.2 Å². The van der Waals surface area contributed by atoms with Crippen LogP contribution in [0.15, 0.2) is 29.6 Å². The summed E-state index contributed by atoms with van der Waals surface area (Å²) < 4.78 is 0. The molecule has 4 aliphatic carbocycles. The van der Waals surface area contributed by atoms with Crippen LogP contribution in [-0.4, -0.2) is 26.5 Å². The molecule has 0 aliphatic heterocycles. The van der Waals surface area contributed by atoms with Gasteiger partial charge in [0, 0.05) is 5.54 Å². The number of carbonyl (C=O) groups excluding carboxylic acids is 1. The van der Waals surface area contributed by atoms with Gasteiger partial charge in [-0.05, 0) is 79.9 Å². The van der Waals surface area contributed by atoms with Crippen molar-refractivity contribution >= 4 is 28.3 Å². The molecule has 0 atom stereocenters. The molecule has 29 heavy (non-hydrogen) atoms. The van der Waals surface area contributed by atoms with E-state index in [1.54, 1.807) is 23.5 Å². The average molecular weight is 409 g/mol. The maximum Gasteiger partial charge on any atom is 0.267 e. The highest BCUT2D eigenvalue weighted by molar-refractivity contribution is 7.13. The minimum absolute atomic E-state index is 0.0498. The Morgan fingerprint density at radius 1 is 1.14 bits per heavy atom. The van der Waals surface area contributed by atoms with Gasteiger partial charge in [-0.25, -0.2) is 10.4 Å². The van der Waals surface area contributed by atoms with Crippen molar-refractivity contribution in [1.82, 2.24) is 20.8 Å². The van der Waals surface area contributed by atoms with Crippen molar-refractivity contribution in [2.75, 3.05) is 0 Å². The fourth-order valence-electron chi connectivity index (χ4n) is 6.31. The molecule has 2 aromatic heterocycles. The third-order valence-electron chi connectivity index (χ3n) is 7.10. The van der Waals surface area contributed by atoms with E-state index in [0.29, 0.717) is 22.4 Å². The fourth-order valence-corrected chi connectivity index (χ4v) is 6.98. The number of nitrogens with zero attached hydrogens (tertiary/aromatic N) is 1. The van der Waals surface area contributed by atoms with Gasteiger partial charge in [-0.1, -0.05) is 6.07 Å². The predicted octanol–water partition coefficient (Wildman–Crippen LogP) is 4.20. The number of phenolic OH excluding ortho intramolecular Hbond substituents is 1. The second kappa shape index (κ2) is 6.31. The number of hydrogen-bond donors (Lipinski definition) is 4. The summed E-state index contributed by atoms with van der Waals surface area (Å²) in [5.74, 6) is 3.00. The summed E-state index contributed by atoms with van der Waals surface area (Å²) in [5, 5.41) is 12.2. The number of nitrogens with one attached hydrogen (secondary N) is 3. The summed E-state index contributed by atoms with van der Waals surface area (Å²) in [7, 11) is 0. The Morgan fingerprint density at radius 2 is 1.86 bits per heavy atom. The van der Waals surface area contributed by atoms with E-state index in [-0.39, 0.29) is 17.2 Å². The first-order chi connectivity index (χ1) is 14.1. The van der Waals surface area contributed by atoms with Crippen LogP contribution in [0, 0.1) is 17.8 Å².